The molecule has 0 spiro atoms. The standard InChI is InChI=1S/C26H32N2/c1-5-7-10-20-13-22-16-28(17-24(22)19(20)4)26(18(3)6-2)14-21-15-27-25-12-9-8-11-23(21)25/h6,8-9,11-13,15,22,24,26-27H,2-5,7,10,14,16-17H2,1H3. The Balaban J connectivity index is 1.54. The van der Waals surface area contributed by atoms with Crippen molar-refractivity contribution in [1.29, 1.82) is 0 Å². The molecule has 0 bridgehead atoms. The number of likely N-dealkylation sites (tertiary alicyclic amines) is 1. The van der Waals surface area contributed by atoms with Crippen molar-refractivity contribution in [1.82, 2.24) is 9.88 Å². The number of fused-ring (bicyclic) bond motifs is 2. The molecule has 1 aliphatic heterocycles. The highest BCUT2D eigenvalue weighted by Gasteiger charge is 2.41. The van der Waals surface area contributed by atoms with Gasteiger partial charge in [-0.3, -0.25) is 4.90 Å². The smallest absolute Gasteiger partial charge is 0.0456 e. The molecule has 146 valence electrons. The van der Waals surface area contributed by atoms with Gasteiger partial charge in [0, 0.05) is 42.1 Å². The third-order valence-corrected chi connectivity index (χ3v) is 6.69. The Hall–Kier alpha value is -2.32. The Morgan fingerprint density at radius 2 is 2.14 bits per heavy atom. The van der Waals surface area contributed by atoms with Gasteiger partial charge in [-0.25, -0.2) is 0 Å². The summed E-state index contributed by atoms with van der Waals surface area (Å²) < 4.78 is 0. The summed E-state index contributed by atoms with van der Waals surface area (Å²) >= 11 is 0. The first-order valence-electron chi connectivity index (χ1n) is 10.6. The van der Waals surface area contributed by atoms with Gasteiger partial charge in [-0.15, -0.1) is 0 Å². The first-order chi connectivity index (χ1) is 13.6. The van der Waals surface area contributed by atoms with E-state index in [-0.39, 0.29) is 0 Å². The fourth-order valence-corrected chi connectivity index (χ4v) is 5.01. The van der Waals surface area contributed by atoms with Gasteiger partial charge in [0.1, 0.15) is 0 Å². The molecular weight excluding hydrogens is 340 g/mol. The number of nitrogens with one attached hydrogen (secondary N) is 1. The van der Waals surface area contributed by atoms with E-state index in [4.69, 9.17) is 0 Å². The Morgan fingerprint density at radius 3 is 2.89 bits per heavy atom. The Morgan fingerprint density at radius 1 is 1.32 bits per heavy atom. The van der Waals surface area contributed by atoms with E-state index in [1.165, 1.54) is 46.9 Å². The number of aromatic amines is 1. The summed E-state index contributed by atoms with van der Waals surface area (Å²) in [6.45, 7) is 17.3. The lowest BCUT2D eigenvalue weighted by atomic mass is 9.94. The van der Waals surface area contributed by atoms with Crippen molar-refractivity contribution in [2.75, 3.05) is 13.1 Å². The van der Waals surface area contributed by atoms with Crippen molar-refractivity contribution >= 4 is 10.9 Å². The Labute approximate surface area is 169 Å². The number of H-pyrrole nitrogens is 1. The van der Waals surface area contributed by atoms with Crippen LogP contribution >= 0.6 is 0 Å². The molecule has 0 radical (unpaired) electrons. The number of aromatic nitrogens is 1. The SMILES string of the molecule is C=CC(=C)C(Cc1c[nH]c2ccccc12)N1CC2C=C(CCCC)C(=C)C2C1. The van der Waals surface area contributed by atoms with Gasteiger partial charge in [0.15, 0.2) is 0 Å². The molecule has 1 fully saturated rings. The van der Waals surface area contributed by atoms with Crippen molar-refractivity contribution in [2.24, 2.45) is 11.8 Å². The minimum absolute atomic E-state index is 0.294. The monoisotopic (exact) mass is 372 g/mol. The summed E-state index contributed by atoms with van der Waals surface area (Å²) in [6, 6.07) is 8.84. The van der Waals surface area contributed by atoms with Crippen LogP contribution in [0, 0.1) is 11.8 Å². The maximum Gasteiger partial charge on any atom is 0.0456 e. The fraction of sp³-hybridized carbons (Fsp3) is 0.385. The summed E-state index contributed by atoms with van der Waals surface area (Å²) in [5.74, 6) is 1.19. The molecule has 2 heteroatoms. The van der Waals surface area contributed by atoms with Crippen LogP contribution in [0.2, 0.25) is 0 Å². The van der Waals surface area contributed by atoms with Crippen molar-refractivity contribution in [3.63, 3.8) is 0 Å². The number of unbranched alkanes of at least 4 members (excludes halogenated alkanes) is 1. The third-order valence-electron chi connectivity index (χ3n) is 6.69. The Bertz CT molecular complexity index is 929. The van der Waals surface area contributed by atoms with Crippen LogP contribution in [0.4, 0.5) is 0 Å². The first kappa shape index (κ1) is 19.0. The molecule has 2 aliphatic rings. The van der Waals surface area contributed by atoms with Crippen LogP contribution in [0.15, 0.2) is 79.1 Å². The Kier molecular flexibility index (Phi) is 5.41. The molecule has 28 heavy (non-hydrogen) atoms. The fourth-order valence-electron chi connectivity index (χ4n) is 5.01. The lowest BCUT2D eigenvalue weighted by molar-refractivity contribution is 0.265. The van der Waals surface area contributed by atoms with E-state index < -0.39 is 0 Å². The minimum Gasteiger partial charge on any atom is -0.361 e. The number of para-hydroxylation sites is 1. The van der Waals surface area contributed by atoms with Crippen LogP contribution in [0.5, 0.6) is 0 Å². The molecule has 3 atom stereocenters. The van der Waals surface area contributed by atoms with E-state index in [1.807, 2.05) is 6.08 Å². The quantitative estimate of drug-likeness (QED) is 0.558. The average Bonchev–Trinajstić information content (AvgIpc) is 3.39. The van der Waals surface area contributed by atoms with E-state index in [2.05, 4.69) is 73.1 Å². The van der Waals surface area contributed by atoms with Crippen LogP contribution in [0.3, 0.4) is 0 Å². The molecule has 2 heterocycles. The first-order valence-corrected chi connectivity index (χ1v) is 10.6. The van der Waals surface area contributed by atoms with Crippen LogP contribution in [-0.4, -0.2) is 29.0 Å². The summed E-state index contributed by atoms with van der Waals surface area (Å²) in [5, 5.41) is 1.31. The highest BCUT2D eigenvalue weighted by Crippen LogP contribution is 2.43. The number of hydrogen-bond acceptors (Lipinski definition) is 1. The molecule has 0 saturated carbocycles. The lowest BCUT2D eigenvalue weighted by Gasteiger charge is -2.29. The molecule has 0 amide bonds. The molecule has 1 N–H and O–H groups in total. The minimum atomic E-state index is 0.294. The van der Waals surface area contributed by atoms with Crippen LogP contribution in [0.1, 0.15) is 31.7 Å². The summed E-state index contributed by atoms with van der Waals surface area (Å²) in [6.07, 6.45) is 11.3. The van der Waals surface area contributed by atoms with Crippen LogP contribution in [-0.2, 0) is 6.42 Å². The maximum atomic E-state index is 4.46. The number of nitrogens with zero attached hydrogens (tertiary/aromatic N) is 1. The molecule has 1 saturated heterocycles. The number of rotatable bonds is 8. The van der Waals surface area contributed by atoms with Crippen molar-refractivity contribution in [3.8, 4) is 0 Å². The van der Waals surface area contributed by atoms with Crippen molar-refractivity contribution < 1.29 is 0 Å². The van der Waals surface area contributed by atoms with Gasteiger partial charge in [0.05, 0.1) is 0 Å². The second-order valence-corrected chi connectivity index (χ2v) is 8.40. The molecule has 1 aromatic carbocycles. The van der Waals surface area contributed by atoms with Crippen molar-refractivity contribution in [2.45, 2.75) is 38.6 Å². The lowest BCUT2D eigenvalue weighted by Crippen LogP contribution is -2.36. The second-order valence-electron chi connectivity index (χ2n) is 8.40. The number of allylic oxidation sites excluding steroid dienone is 1. The van der Waals surface area contributed by atoms with Crippen LogP contribution < -0.4 is 0 Å². The summed E-state index contributed by atoms with van der Waals surface area (Å²) in [5.41, 5.74) is 6.59. The van der Waals surface area contributed by atoms with E-state index in [0.29, 0.717) is 17.9 Å². The van der Waals surface area contributed by atoms with Gasteiger partial charge in [0.25, 0.3) is 0 Å². The summed E-state index contributed by atoms with van der Waals surface area (Å²) in [4.78, 5) is 6.03. The largest absolute Gasteiger partial charge is 0.361 e. The topological polar surface area (TPSA) is 19.0 Å². The molecule has 3 unspecified atom stereocenters. The molecule has 1 aromatic heterocycles. The van der Waals surface area contributed by atoms with Gasteiger partial charge >= 0.3 is 0 Å². The van der Waals surface area contributed by atoms with E-state index in [0.717, 1.165) is 25.1 Å². The van der Waals surface area contributed by atoms with Crippen LogP contribution in [0.25, 0.3) is 10.9 Å². The predicted molar refractivity (Wildman–Crippen MR) is 120 cm³/mol. The van der Waals surface area contributed by atoms with E-state index in [1.54, 1.807) is 0 Å². The van der Waals surface area contributed by atoms with Gasteiger partial charge in [0.2, 0.25) is 0 Å². The maximum absolute atomic E-state index is 4.46. The van der Waals surface area contributed by atoms with Gasteiger partial charge in [-0.05, 0) is 53.5 Å². The third kappa shape index (κ3) is 3.42. The number of hydrogen-bond donors (Lipinski definition) is 1. The van der Waals surface area contributed by atoms with Gasteiger partial charge in [-0.1, -0.05) is 63.4 Å². The second kappa shape index (κ2) is 7.97. The van der Waals surface area contributed by atoms with E-state index >= 15 is 0 Å². The summed E-state index contributed by atoms with van der Waals surface area (Å²) in [7, 11) is 0. The highest BCUT2D eigenvalue weighted by atomic mass is 15.2. The molecule has 2 nitrogen and oxygen atoms in total. The zero-order valence-corrected chi connectivity index (χ0v) is 17.1. The van der Waals surface area contributed by atoms with Gasteiger partial charge in [-0.2, -0.15) is 0 Å². The zero-order chi connectivity index (χ0) is 19.7. The zero-order valence-electron chi connectivity index (χ0n) is 17.1. The average molecular weight is 373 g/mol. The highest BCUT2D eigenvalue weighted by molar-refractivity contribution is 5.83. The number of benzene rings is 1. The normalized spacial score (nSPS) is 23.0. The van der Waals surface area contributed by atoms with Crippen molar-refractivity contribution in [3.05, 3.63) is 84.6 Å². The molecule has 4 rings (SSSR count). The predicted octanol–water partition coefficient (Wildman–Crippen LogP) is 6.06. The molecule has 2 aromatic rings. The molecular formula is C26H32N2. The molecule has 1 aliphatic carbocycles. The van der Waals surface area contributed by atoms with Gasteiger partial charge < -0.3 is 4.98 Å². The van der Waals surface area contributed by atoms with E-state index in [9.17, 15) is 0 Å².